The molecule has 0 rings (SSSR count). The van der Waals surface area contributed by atoms with Crippen LogP contribution >= 0.6 is 0 Å². The number of nitrogens with two attached hydrogens (primary N) is 1. The third kappa shape index (κ3) is 75.7. The first kappa shape index (κ1) is 73.1. The van der Waals surface area contributed by atoms with Crippen LogP contribution in [0.5, 0.6) is 0 Å². The topological polar surface area (TPSA) is 352 Å². The number of Topliss-reactive ketones (excluding diaryl/α,β-unsaturated/α-hetero) is 4. The van der Waals surface area contributed by atoms with Crippen molar-refractivity contribution in [1.82, 2.24) is 0 Å². The van der Waals surface area contributed by atoms with E-state index in [1.54, 1.807) is 12.2 Å². The van der Waals surface area contributed by atoms with Crippen LogP contribution in [0.15, 0.2) is 37.5 Å². The molecule has 48 heavy (non-hydrogen) atoms. The standard InChI is InChI=1S/2C6H10O5S.C6H8O2.2C3H7N.3Na.O3S.H2O.H/c2*1-4(7)3-6(5(2)8)12(9,10)11;1-5(7)3-4-6(2)8;2*1-2-3-4;;;;1-4(2)3;;/h2*6H,3H2,1-2H3,(H,9,10,11);3-4H,1-2H3;2*2H,1,3-4H2;;;;;1H2;/q;;;;;3*+1;;;-1/p-2/b;;4-3+;;;;;;;;. The zero-order chi connectivity index (χ0) is 36.9. The van der Waals surface area contributed by atoms with Crippen LogP contribution < -0.4 is 100 Å². The van der Waals surface area contributed by atoms with Crippen molar-refractivity contribution >= 4 is 65.5 Å². The molecule has 6 N–H and O–H groups in total. The molecule has 2 atom stereocenters. The van der Waals surface area contributed by atoms with Gasteiger partial charge in [0.05, 0.1) is 6.54 Å². The summed E-state index contributed by atoms with van der Waals surface area (Å²) in [6.45, 7) is 15.2. The van der Waals surface area contributed by atoms with E-state index in [1.165, 1.54) is 26.0 Å². The van der Waals surface area contributed by atoms with Gasteiger partial charge in [-0.15, -0.1) is 19.2 Å². The zero-order valence-electron chi connectivity index (χ0n) is 29.8. The summed E-state index contributed by atoms with van der Waals surface area (Å²) in [5.74, 6) is -2.76. The average molecular weight is 781 g/mol. The van der Waals surface area contributed by atoms with Crippen LogP contribution in [-0.4, -0.2) is 102 Å². The number of hydrogen-bond acceptors (Lipinski definition) is 17. The molecule has 0 aliphatic carbocycles. The Balaban J connectivity index is -0.0000000408. The van der Waals surface area contributed by atoms with E-state index in [1.807, 2.05) is 0 Å². The van der Waals surface area contributed by atoms with Crippen LogP contribution in [0.25, 0.3) is 0 Å². The number of carbonyl (C=O) groups excluding carboxylic acids is 6. The molecule has 266 valence electrons. The fourth-order valence-corrected chi connectivity index (χ4v) is 3.35. The quantitative estimate of drug-likeness (QED) is 0.0803. The van der Waals surface area contributed by atoms with Crippen molar-refractivity contribution in [3.63, 3.8) is 0 Å². The fourth-order valence-electron chi connectivity index (χ4n) is 1.65. The van der Waals surface area contributed by atoms with Crippen LogP contribution in [0, 0.1) is 0 Å². The molecule has 0 fully saturated rings. The van der Waals surface area contributed by atoms with Gasteiger partial charge >= 0.3 is 99.3 Å². The molecule has 0 radical (unpaired) electrons. The molecular formula is C24H43N2Na3O16S3. The smallest absolute Gasteiger partial charge is 1.00 e. The predicted octanol–water partition coefficient (Wildman–Crippen LogP) is -10.9. The van der Waals surface area contributed by atoms with E-state index in [2.05, 4.69) is 18.9 Å². The Hall–Kier alpha value is -0.440. The van der Waals surface area contributed by atoms with Gasteiger partial charge in [0.25, 0.3) is 0 Å². The monoisotopic (exact) mass is 780 g/mol. The Labute approximate surface area is 351 Å². The third-order valence-electron chi connectivity index (χ3n) is 3.47. The number of rotatable bonds is 12. The summed E-state index contributed by atoms with van der Waals surface area (Å²) in [6.07, 6.45) is 4.87. The molecule has 0 saturated carbocycles. The zero-order valence-corrected chi connectivity index (χ0v) is 37.2. The first-order chi connectivity index (χ1) is 19.7. The van der Waals surface area contributed by atoms with E-state index in [9.17, 15) is 54.7 Å². The van der Waals surface area contributed by atoms with Crippen molar-refractivity contribution in [2.24, 2.45) is 5.73 Å². The van der Waals surface area contributed by atoms with Gasteiger partial charge in [-0.1, -0.05) is 12.7 Å². The van der Waals surface area contributed by atoms with Gasteiger partial charge in [-0.25, -0.2) is 16.8 Å². The van der Waals surface area contributed by atoms with E-state index in [0.29, 0.717) is 6.54 Å². The number of allylic oxidation sites excluding steroid dienone is 2. The normalized spacial score (nSPS) is 10.1. The summed E-state index contributed by atoms with van der Waals surface area (Å²) in [6, 6.07) is 0. The van der Waals surface area contributed by atoms with Crippen LogP contribution in [0.2, 0.25) is 0 Å². The molecule has 24 heteroatoms. The van der Waals surface area contributed by atoms with Gasteiger partial charge in [-0.2, -0.15) is 0 Å². The summed E-state index contributed by atoms with van der Waals surface area (Å²) in [5, 5.41) is -3.43. The second kappa shape index (κ2) is 44.6. The van der Waals surface area contributed by atoms with Crippen molar-refractivity contribution in [1.29, 1.82) is 0 Å². The van der Waals surface area contributed by atoms with E-state index in [0.717, 1.165) is 34.2 Å². The van der Waals surface area contributed by atoms with E-state index in [4.69, 9.17) is 18.4 Å². The predicted molar refractivity (Wildman–Crippen MR) is 159 cm³/mol. The molecule has 0 saturated heterocycles. The van der Waals surface area contributed by atoms with Crippen molar-refractivity contribution in [3.8, 4) is 0 Å². The van der Waals surface area contributed by atoms with Crippen molar-refractivity contribution in [3.05, 3.63) is 37.5 Å². The molecule has 18 nitrogen and oxygen atoms in total. The molecular weight excluding hydrogens is 737 g/mol. The first-order valence-corrected chi connectivity index (χ1v) is 15.7. The van der Waals surface area contributed by atoms with Crippen LogP contribution in [0.1, 0.15) is 55.8 Å². The van der Waals surface area contributed by atoms with Crippen LogP contribution in [0.3, 0.4) is 0 Å². The van der Waals surface area contributed by atoms with Crippen LogP contribution in [0.4, 0.5) is 0 Å². The minimum atomic E-state index is -4.68. The Morgan fingerprint density at radius 2 is 0.896 bits per heavy atom. The Morgan fingerprint density at radius 1 is 0.708 bits per heavy atom. The maximum absolute atomic E-state index is 10.6. The third-order valence-corrected chi connectivity index (χ3v) is 5.86. The SMILES string of the molecule is C=CCN.C=CC[NH3+].CC(=O)/C=C/C(C)=O.CC(=O)CC(C(C)=O)S(=O)(=O)[O-].CC(=O)CC(C(C)=O)S(=O)(=O)[O-].O=S(=O)=O.[H-].[Na+].[Na+].[Na+].[OH-]. The summed E-state index contributed by atoms with van der Waals surface area (Å²) in [7, 11) is -12.5. The molecule has 2 unspecified atom stereocenters. The second-order valence-electron chi connectivity index (χ2n) is 7.86. The van der Waals surface area contributed by atoms with Gasteiger partial charge in [0.15, 0.2) is 11.6 Å². The van der Waals surface area contributed by atoms with Gasteiger partial charge in [0, 0.05) is 19.4 Å². The van der Waals surface area contributed by atoms with Crippen molar-refractivity contribution < 1.29 is 169 Å². The maximum atomic E-state index is 10.6. The summed E-state index contributed by atoms with van der Waals surface area (Å²) in [5.41, 5.74) is 8.40. The van der Waals surface area contributed by atoms with Crippen LogP contribution in [-0.2, 0) is 59.6 Å². The minimum absolute atomic E-state index is 0. The van der Waals surface area contributed by atoms with Crippen molar-refractivity contribution in [2.45, 2.75) is 64.9 Å². The van der Waals surface area contributed by atoms with Gasteiger partial charge in [-0.3, -0.25) is 28.8 Å². The Kier molecular flexibility index (Phi) is 67.9. The van der Waals surface area contributed by atoms with Crippen molar-refractivity contribution in [2.75, 3.05) is 13.1 Å². The molecule has 0 aliphatic heterocycles. The minimum Gasteiger partial charge on any atom is -1.00 e. The van der Waals surface area contributed by atoms with Gasteiger partial charge in [0.2, 0.25) is 0 Å². The first-order valence-electron chi connectivity index (χ1n) is 11.7. The molecule has 0 heterocycles. The van der Waals surface area contributed by atoms with E-state index >= 15 is 0 Å². The Morgan fingerprint density at radius 3 is 0.938 bits per heavy atom. The van der Waals surface area contributed by atoms with Gasteiger partial charge < -0.3 is 27.5 Å². The summed E-state index contributed by atoms with van der Waals surface area (Å²) < 4.78 is 87.6. The molecule has 0 spiro atoms. The Bertz CT molecular complexity index is 1230. The molecule has 0 aromatic carbocycles. The van der Waals surface area contributed by atoms with Gasteiger partial charge in [-0.05, 0) is 59.8 Å². The summed E-state index contributed by atoms with van der Waals surface area (Å²) in [4.78, 5) is 62.3. The molecule has 0 aromatic heterocycles. The second-order valence-corrected chi connectivity index (χ2v) is 11.4. The fraction of sp³-hybridized carbons (Fsp3) is 0.500. The van der Waals surface area contributed by atoms with E-state index < -0.39 is 77.3 Å². The number of hydrogen-bond donors (Lipinski definition) is 2. The van der Waals surface area contributed by atoms with Gasteiger partial charge in [0.1, 0.15) is 53.9 Å². The number of carbonyl (C=O) groups is 6. The molecule has 0 aliphatic rings. The molecule has 0 aromatic rings. The number of ketones is 6. The molecule has 0 bridgehead atoms. The van der Waals surface area contributed by atoms with E-state index in [-0.39, 0.29) is 107 Å². The maximum Gasteiger partial charge on any atom is 1.00 e. The molecule has 0 amide bonds. The summed E-state index contributed by atoms with van der Waals surface area (Å²) >= 11 is 0. The number of quaternary nitrogens is 1. The largest absolute Gasteiger partial charge is 1.00 e. The average Bonchev–Trinajstić information content (AvgIpc) is 2.83.